The first-order valence-corrected chi connectivity index (χ1v) is 15.8. The van der Waals surface area contributed by atoms with Gasteiger partial charge in [0.2, 0.25) is 0 Å². The van der Waals surface area contributed by atoms with Gasteiger partial charge in [0, 0.05) is 23.2 Å². The fourth-order valence-corrected chi connectivity index (χ4v) is 5.25. The molecular weight excluding hydrogens is 576 g/mol. The molecule has 0 aliphatic carbocycles. The van der Waals surface area contributed by atoms with E-state index in [2.05, 4.69) is 51.7 Å². The molecule has 240 valence electrons. The molecule has 0 aliphatic heterocycles. The van der Waals surface area contributed by atoms with Crippen LogP contribution >= 0.6 is 0 Å². The predicted molar refractivity (Wildman–Crippen MR) is 180 cm³/mol. The first kappa shape index (κ1) is 34.1. The van der Waals surface area contributed by atoms with Crippen LogP contribution in [-0.2, 0) is 16.1 Å². The van der Waals surface area contributed by atoms with Gasteiger partial charge in [-0.25, -0.2) is 9.50 Å². The van der Waals surface area contributed by atoms with Gasteiger partial charge in [0.25, 0.3) is 0 Å². The van der Waals surface area contributed by atoms with Crippen molar-refractivity contribution in [1.29, 1.82) is 5.26 Å². The molecule has 4 aromatic rings. The van der Waals surface area contributed by atoms with E-state index in [-0.39, 0.29) is 24.2 Å². The number of carbonyl (C=O) groups is 1. The highest BCUT2D eigenvalue weighted by molar-refractivity contribution is 5.82. The van der Waals surface area contributed by atoms with Crippen molar-refractivity contribution in [3.8, 4) is 40.5 Å². The second-order valence-electron chi connectivity index (χ2n) is 12.5. The number of pyridine rings is 1. The van der Waals surface area contributed by atoms with E-state index in [1.807, 2.05) is 61.0 Å². The molecule has 4 rings (SSSR count). The van der Waals surface area contributed by atoms with Gasteiger partial charge in [-0.05, 0) is 101 Å². The van der Waals surface area contributed by atoms with Crippen molar-refractivity contribution in [2.75, 3.05) is 13.2 Å². The molecule has 0 spiro atoms. The molecule has 2 heterocycles. The van der Waals surface area contributed by atoms with E-state index in [0.717, 1.165) is 50.6 Å². The van der Waals surface area contributed by atoms with E-state index in [1.54, 1.807) is 13.8 Å². The van der Waals surface area contributed by atoms with Gasteiger partial charge in [0.1, 0.15) is 18.1 Å². The Balaban J connectivity index is 1.60. The van der Waals surface area contributed by atoms with Crippen LogP contribution in [0.4, 0.5) is 0 Å². The van der Waals surface area contributed by atoms with Crippen LogP contribution in [0.2, 0.25) is 0 Å². The molecule has 8 nitrogen and oxygen atoms in total. The van der Waals surface area contributed by atoms with Gasteiger partial charge in [-0.3, -0.25) is 4.79 Å². The molecule has 0 fully saturated rings. The number of carbonyl (C=O) groups excluding carboxylic acids is 1. The lowest BCUT2D eigenvalue weighted by molar-refractivity contribution is -0.143. The normalized spacial score (nSPS) is 11.9. The number of aryl methyl sites for hydroxylation is 2. The first-order chi connectivity index (χ1) is 21.9. The van der Waals surface area contributed by atoms with Crippen molar-refractivity contribution in [3.63, 3.8) is 0 Å². The fourth-order valence-electron chi connectivity index (χ4n) is 5.25. The van der Waals surface area contributed by atoms with Crippen LogP contribution < -0.4 is 9.47 Å². The van der Waals surface area contributed by atoms with E-state index in [9.17, 15) is 10.1 Å². The average molecular weight is 621 g/mol. The third-order valence-corrected chi connectivity index (χ3v) is 7.78. The summed E-state index contributed by atoms with van der Waals surface area (Å²) >= 11 is 0. The summed E-state index contributed by atoms with van der Waals surface area (Å²) < 4.78 is 19.3. The molecule has 0 bridgehead atoms. The Morgan fingerprint density at radius 1 is 1.04 bits per heavy atom. The lowest BCUT2D eigenvalue weighted by atomic mass is 9.92. The lowest BCUT2D eigenvalue weighted by Crippen LogP contribution is -2.13. The minimum Gasteiger partial charge on any atom is -0.494 e. The second kappa shape index (κ2) is 15.0. The number of nitriles is 1. The maximum atomic E-state index is 12.1. The first-order valence-electron chi connectivity index (χ1n) is 15.8. The predicted octanol–water partition coefficient (Wildman–Crippen LogP) is 8.09. The maximum absolute atomic E-state index is 12.1. The molecular formula is C38H44N4O4. The van der Waals surface area contributed by atoms with Gasteiger partial charge in [0.15, 0.2) is 11.5 Å². The summed E-state index contributed by atoms with van der Waals surface area (Å²) in [5, 5.41) is 14.1. The van der Waals surface area contributed by atoms with Crippen LogP contribution in [0.5, 0.6) is 11.5 Å². The van der Waals surface area contributed by atoms with E-state index >= 15 is 0 Å². The van der Waals surface area contributed by atoms with Crippen molar-refractivity contribution in [2.24, 2.45) is 5.41 Å². The minimum atomic E-state index is -0.432. The van der Waals surface area contributed by atoms with E-state index in [0.29, 0.717) is 32.0 Å². The Morgan fingerprint density at radius 2 is 1.74 bits per heavy atom. The average Bonchev–Trinajstić information content (AvgIpc) is 3.45. The van der Waals surface area contributed by atoms with E-state index in [1.165, 1.54) is 0 Å². The lowest BCUT2D eigenvalue weighted by Gasteiger charge is -2.18. The standard InChI is InChI=1S/C38H44N4O4/c1-9-11-30(21-34(43)44-10-2)29-12-14-31(15-13-29)46-23-28-20-33(37-40-36(25(3)4)41-42(37)22-28)35-26(5)18-32(19-27(35)6)45-17-16-38(7,8)24-39/h12-15,18-20,22,25,30H,10,16-17,21,23H2,1-8H3/t30-/m0/s1. The quantitative estimate of drug-likeness (QED) is 0.110. The Kier molecular flexibility index (Phi) is 11.1. The Bertz CT molecular complexity index is 1760. The van der Waals surface area contributed by atoms with Gasteiger partial charge in [-0.15, -0.1) is 5.92 Å². The molecule has 46 heavy (non-hydrogen) atoms. The van der Waals surface area contributed by atoms with Gasteiger partial charge < -0.3 is 14.2 Å². The third-order valence-electron chi connectivity index (χ3n) is 7.78. The number of fused-ring (bicyclic) bond motifs is 1. The molecule has 0 N–H and O–H groups in total. The van der Waals surface area contributed by atoms with Gasteiger partial charge in [-0.1, -0.05) is 31.9 Å². The number of hydrogen-bond donors (Lipinski definition) is 0. The zero-order valence-electron chi connectivity index (χ0n) is 28.2. The van der Waals surface area contributed by atoms with Crippen LogP contribution in [0.25, 0.3) is 16.8 Å². The highest BCUT2D eigenvalue weighted by atomic mass is 16.5. The number of esters is 1. The summed E-state index contributed by atoms with van der Waals surface area (Å²) in [6.45, 7) is 16.9. The van der Waals surface area contributed by atoms with Crippen LogP contribution in [0, 0.1) is 42.4 Å². The van der Waals surface area contributed by atoms with Crippen molar-refractivity contribution < 1.29 is 19.0 Å². The molecule has 0 saturated carbocycles. The Labute approximate surface area is 272 Å². The zero-order valence-corrected chi connectivity index (χ0v) is 28.2. The maximum Gasteiger partial charge on any atom is 0.307 e. The fraction of sp³-hybridized carbons (Fsp3) is 0.421. The summed E-state index contributed by atoms with van der Waals surface area (Å²) in [5.41, 5.74) is 6.42. The number of benzene rings is 2. The number of ether oxygens (including phenoxy) is 3. The molecule has 0 aliphatic rings. The van der Waals surface area contributed by atoms with Gasteiger partial charge in [0.05, 0.1) is 37.0 Å². The van der Waals surface area contributed by atoms with Gasteiger partial charge in [-0.2, -0.15) is 10.4 Å². The van der Waals surface area contributed by atoms with Gasteiger partial charge >= 0.3 is 5.97 Å². The summed E-state index contributed by atoms with van der Waals surface area (Å²) in [7, 11) is 0. The molecule has 0 radical (unpaired) electrons. The minimum absolute atomic E-state index is 0.173. The van der Waals surface area contributed by atoms with E-state index < -0.39 is 5.41 Å². The number of hydrogen-bond acceptors (Lipinski definition) is 7. The Hall–Kier alpha value is -4.82. The Morgan fingerprint density at radius 3 is 2.35 bits per heavy atom. The third kappa shape index (κ3) is 8.46. The molecule has 8 heteroatoms. The zero-order chi connectivity index (χ0) is 33.4. The van der Waals surface area contributed by atoms with Crippen LogP contribution in [-0.4, -0.2) is 33.8 Å². The molecule has 0 unspecified atom stereocenters. The highest BCUT2D eigenvalue weighted by Gasteiger charge is 2.20. The highest BCUT2D eigenvalue weighted by Crippen LogP contribution is 2.35. The molecule has 0 saturated heterocycles. The molecule has 1 atom stereocenters. The SMILES string of the molecule is CC#C[C@@H](CC(=O)OCC)c1ccc(OCc2cc(-c3c(C)cc(OCCC(C)(C)C#N)cc3C)c3nc(C(C)C)nn3c2)cc1. The van der Waals surface area contributed by atoms with Crippen molar-refractivity contribution in [3.05, 3.63) is 76.7 Å². The summed E-state index contributed by atoms with van der Waals surface area (Å²) in [6.07, 6.45) is 2.82. The molecule has 2 aromatic heterocycles. The second-order valence-corrected chi connectivity index (χ2v) is 12.5. The monoisotopic (exact) mass is 620 g/mol. The van der Waals surface area contributed by atoms with Crippen LogP contribution in [0.15, 0.2) is 48.7 Å². The molecule has 0 amide bonds. The van der Waals surface area contributed by atoms with Crippen LogP contribution in [0.3, 0.4) is 0 Å². The van der Waals surface area contributed by atoms with Crippen LogP contribution in [0.1, 0.15) is 94.3 Å². The molecule has 2 aromatic carbocycles. The van der Waals surface area contributed by atoms with Crippen molar-refractivity contribution >= 4 is 11.6 Å². The van der Waals surface area contributed by atoms with Crippen molar-refractivity contribution in [2.45, 2.75) is 86.7 Å². The number of rotatable bonds is 13. The van der Waals surface area contributed by atoms with Crippen molar-refractivity contribution in [1.82, 2.24) is 14.6 Å². The summed E-state index contributed by atoms with van der Waals surface area (Å²) in [4.78, 5) is 17.0. The number of nitrogens with zero attached hydrogens (tertiary/aromatic N) is 4. The topological polar surface area (TPSA) is 98.7 Å². The number of aromatic nitrogens is 3. The smallest absolute Gasteiger partial charge is 0.307 e. The summed E-state index contributed by atoms with van der Waals surface area (Å²) in [5.74, 6) is 7.98. The van der Waals surface area contributed by atoms with E-state index in [4.69, 9.17) is 24.3 Å². The summed E-state index contributed by atoms with van der Waals surface area (Å²) in [6, 6.07) is 16.2. The largest absolute Gasteiger partial charge is 0.494 e.